The van der Waals surface area contributed by atoms with Crippen LogP contribution in [0.4, 0.5) is 0 Å². The summed E-state index contributed by atoms with van der Waals surface area (Å²) in [6.45, 7) is 3.86. The van der Waals surface area contributed by atoms with Crippen molar-refractivity contribution < 1.29 is 66.4 Å². The minimum Gasteiger partial charge on any atom is -0.874 e. The first kappa shape index (κ1) is 20.7. The summed E-state index contributed by atoms with van der Waals surface area (Å²) in [6.07, 6.45) is 5.40. The van der Waals surface area contributed by atoms with E-state index < -0.39 is 5.97 Å². The van der Waals surface area contributed by atoms with E-state index in [2.05, 4.69) is 17.6 Å². The molecule has 0 spiro atoms. The second kappa shape index (κ2) is 15.5. The van der Waals surface area contributed by atoms with Crippen molar-refractivity contribution in [2.45, 2.75) is 39.0 Å². The molecule has 0 rings (SSSR count). The molecule has 0 radical (unpaired) electrons. The monoisotopic (exact) mass is 282 g/mol. The molecule has 0 bridgehead atoms. The van der Waals surface area contributed by atoms with Gasteiger partial charge < -0.3 is 20.8 Å². The maximum absolute atomic E-state index is 11.3. The Labute approximate surface area is 152 Å². The third-order valence-corrected chi connectivity index (χ3v) is 2.25. The summed E-state index contributed by atoms with van der Waals surface area (Å²) in [5, 5.41) is 25.5. The molecule has 5 nitrogen and oxygen atoms in total. The smallest absolute Gasteiger partial charge is 0.874 e. The first-order chi connectivity index (χ1) is 8.16. The standard InChI is InChI=1S/C12H24N2O3.K/c1-2-3-4-5-11(15)10-14-9-8-13-7-6-12(16)17;/h10,13-15H,2-9H2,1H3,(H,16,17);/q;+1/p-1/b11-10-;. The Hall–Kier alpha value is 0.406. The Morgan fingerprint density at radius 2 is 1.94 bits per heavy atom. The maximum Gasteiger partial charge on any atom is 1.00 e. The van der Waals surface area contributed by atoms with Crippen LogP contribution in [0.25, 0.3) is 0 Å². The molecule has 0 saturated heterocycles. The summed E-state index contributed by atoms with van der Waals surface area (Å²) in [4.78, 5) is 10.2. The number of carbonyl (C=O) groups is 1. The SMILES string of the molecule is CCCCC/C([O-])=C/NCCNCCC(=O)O.[K+]. The van der Waals surface area contributed by atoms with E-state index in [9.17, 15) is 9.90 Å². The van der Waals surface area contributed by atoms with E-state index in [4.69, 9.17) is 5.11 Å². The van der Waals surface area contributed by atoms with Crippen molar-refractivity contribution in [1.82, 2.24) is 10.6 Å². The van der Waals surface area contributed by atoms with Crippen molar-refractivity contribution in [3.8, 4) is 0 Å². The van der Waals surface area contributed by atoms with Gasteiger partial charge in [0, 0.05) is 19.6 Å². The molecule has 0 aromatic heterocycles. The topological polar surface area (TPSA) is 84.4 Å². The molecule has 0 amide bonds. The van der Waals surface area contributed by atoms with Crippen LogP contribution in [-0.2, 0) is 4.79 Å². The number of allylic oxidation sites excluding steroid dienone is 1. The molecule has 18 heavy (non-hydrogen) atoms. The normalized spacial score (nSPS) is 10.8. The molecule has 0 saturated carbocycles. The summed E-state index contributed by atoms with van der Waals surface area (Å²) < 4.78 is 0. The first-order valence-corrected chi connectivity index (χ1v) is 6.18. The van der Waals surface area contributed by atoms with Crippen molar-refractivity contribution >= 4 is 5.97 Å². The second-order valence-corrected chi connectivity index (χ2v) is 3.92. The van der Waals surface area contributed by atoms with Crippen LogP contribution in [0.1, 0.15) is 39.0 Å². The van der Waals surface area contributed by atoms with Gasteiger partial charge in [-0.05, 0) is 12.6 Å². The fourth-order valence-electron chi connectivity index (χ4n) is 1.29. The number of carboxylic acids is 1. The molecular formula is C12H23KN2O3. The molecule has 0 unspecified atom stereocenters. The van der Waals surface area contributed by atoms with Gasteiger partial charge in [-0.2, -0.15) is 0 Å². The third-order valence-electron chi connectivity index (χ3n) is 2.25. The van der Waals surface area contributed by atoms with Gasteiger partial charge in [-0.1, -0.05) is 26.2 Å². The molecule has 3 N–H and O–H groups in total. The van der Waals surface area contributed by atoms with E-state index >= 15 is 0 Å². The van der Waals surface area contributed by atoms with E-state index in [0.717, 1.165) is 19.3 Å². The molecule has 0 aromatic rings. The zero-order valence-corrected chi connectivity index (χ0v) is 14.6. The molecular weight excluding hydrogens is 259 g/mol. The fraction of sp³-hybridized carbons (Fsp3) is 0.750. The van der Waals surface area contributed by atoms with Crippen molar-refractivity contribution in [2.24, 2.45) is 0 Å². The van der Waals surface area contributed by atoms with Gasteiger partial charge >= 0.3 is 57.4 Å². The number of rotatable bonds is 11. The quantitative estimate of drug-likeness (QED) is 0.220. The molecule has 0 heterocycles. The molecule has 100 valence electrons. The Kier molecular flexibility index (Phi) is 17.8. The minimum absolute atomic E-state index is 0. The Morgan fingerprint density at radius 1 is 1.22 bits per heavy atom. The van der Waals surface area contributed by atoms with Crippen LogP contribution in [-0.4, -0.2) is 30.7 Å². The average Bonchev–Trinajstić information content (AvgIpc) is 2.28. The van der Waals surface area contributed by atoms with Crippen LogP contribution in [0.2, 0.25) is 0 Å². The molecule has 0 atom stereocenters. The van der Waals surface area contributed by atoms with E-state index in [0.29, 0.717) is 26.1 Å². The summed E-state index contributed by atoms with van der Waals surface area (Å²) in [6, 6.07) is 0. The van der Waals surface area contributed by atoms with Gasteiger partial charge in [0.1, 0.15) is 0 Å². The number of aliphatic carboxylic acids is 1. The summed E-state index contributed by atoms with van der Waals surface area (Å²) in [5.74, 6) is -0.674. The largest absolute Gasteiger partial charge is 1.00 e. The number of nitrogens with one attached hydrogen (secondary N) is 2. The van der Waals surface area contributed by atoms with Crippen molar-refractivity contribution in [1.29, 1.82) is 0 Å². The summed E-state index contributed by atoms with van der Waals surface area (Å²) >= 11 is 0. The molecule has 0 fully saturated rings. The zero-order chi connectivity index (χ0) is 12.9. The Balaban J connectivity index is 0. The van der Waals surface area contributed by atoms with Gasteiger partial charge in [-0.15, -0.1) is 5.76 Å². The van der Waals surface area contributed by atoms with Crippen LogP contribution < -0.4 is 67.1 Å². The van der Waals surface area contributed by atoms with Gasteiger partial charge in [-0.3, -0.25) is 4.79 Å². The zero-order valence-electron chi connectivity index (χ0n) is 11.5. The van der Waals surface area contributed by atoms with E-state index in [1.165, 1.54) is 6.20 Å². The average molecular weight is 282 g/mol. The molecule has 6 heteroatoms. The van der Waals surface area contributed by atoms with Crippen LogP contribution in [0.3, 0.4) is 0 Å². The van der Waals surface area contributed by atoms with Gasteiger partial charge in [0.15, 0.2) is 0 Å². The van der Waals surface area contributed by atoms with Crippen LogP contribution in [0.15, 0.2) is 12.0 Å². The van der Waals surface area contributed by atoms with Crippen LogP contribution >= 0.6 is 0 Å². The Morgan fingerprint density at radius 3 is 2.56 bits per heavy atom. The van der Waals surface area contributed by atoms with Crippen molar-refractivity contribution in [3.05, 3.63) is 12.0 Å². The number of hydrogen-bond donors (Lipinski definition) is 3. The molecule has 0 aromatic carbocycles. The van der Waals surface area contributed by atoms with E-state index in [1.807, 2.05) is 0 Å². The van der Waals surface area contributed by atoms with Crippen LogP contribution in [0.5, 0.6) is 0 Å². The maximum atomic E-state index is 11.3. The van der Waals surface area contributed by atoms with Gasteiger partial charge in [0.2, 0.25) is 0 Å². The third kappa shape index (κ3) is 16.4. The fourth-order valence-corrected chi connectivity index (χ4v) is 1.29. The van der Waals surface area contributed by atoms with Gasteiger partial charge in [-0.25, -0.2) is 0 Å². The first-order valence-electron chi connectivity index (χ1n) is 6.18. The van der Waals surface area contributed by atoms with Crippen LogP contribution in [0, 0.1) is 0 Å². The second-order valence-electron chi connectivity index (χ2n) is 3.92. The van der Waals surface area contributed by atoms with E-state index in [-0.39, 0.29) is 63.6 Å². The summed E-state index contributed by atoms with van der Waals surface area (Å²) in [5.41, 5.74) is 0. The molecule has 0 aliphatic rings. The van der Waals surface area contributed by atoms with Gasteiger partial charge in [0.25, 0.3) is 0 Å². The van der Waals surface area contributed by atoms with Gasteiger partial charge in [0.05, 0.1) is 6.42 Å². The van der Waals surface area contributed by atoms with Crippen molar-refractivity contribution in [2.75, 3.05) is 19.6 Å². The van der Waals surface area contributed by atoms with E-state index in [1.54, 1.807) is 0 Å². The molecule has 0 aliphatic carbocycles. The predicted octanol–water partition coefficient (Wildman–Crippen LogP) is -2.57. The predicted molar refractivity (Wildman–Crippen MR) is 65.4 cm³/mol. The number of hydrogen-bond acceptors (Lipinski definition) is 4. The Bertz CT molecular complexity index is 235. The minimum atomic E-state index is -0.803. The van der Waals surface area contributed by atoms with Crippen molar-refractivity contribution in [3.63, 3.8) is 0 Å². The summed E-state index contributed by atoms with van der Waals surface area (Å²) in [7, 11) is 0. The number of carboxylic acid groups (broad SMARTS) is 1. The number of unbranched alkanes of at least 4 members (excludes halogenated alkanes) is 2. The molecule has 0 aliphatic heterocycles.